The van der Waals surface area contributed by atoms with Crippen molar-refractivity contribution in [2.45, 2.75) is 44.7 Å². The van der Waals surface area contributed by atoms with Crippen LogP contribution in [0.1, 0.15) is 31.4 Å². The maximum atomic E-state index is 4.40. The summed E-state index contributed by atoms with van der Waals surface area (Å²) < 4.78 is 1.76. The number of anilines is 1. The fourth-order valence-electron chi connectivity index (χ4n) is 3.74. The number of aryl methyl sites for hydroxylation is 1. The van der Waals surface area contributed by atoms with Crippen molar-refractivity contribution in [2.24, 2.45) is 0 Å². The van der Waals surface area contributed by atoms with Crippen molar-refractivity contribution < 1.29 is 0 Å². The Morgan fingerprint density at radius 3 is 2.74 bits per heavy atom. The van der Waals surface area contributed by atoms with E-state index in [9.17, 15) is 0 Å². The Balaban J connectivity index is 1.39. The minimum Gasteiger partial charge on any atom is -0.379 e. The van der Waals surface area contributed by atoms with Crippen molar-refractivity contribution in [1.82, 2.24) is 24.7 Å². The van der Waals surface area contributed by atoms with Crippen LogP contribution in [0.5, 0.6) is 0 Å². The molecule has 2 aliphatic heterocycles. The number of fused-ring (bicyclic) bond motifs is 1. The van der Waals surface area contributed by atoms with E-state index in [0.29, 0.717) is 6.04 Å². The van der Waals surface area contributed by atoms with Gasteiger partial charge in [-0.2, -0.15) is 21.4 Å². The Morgan fingerprint density at radius 2 is 1.96 bits per heavy atom. The van der Waals surface area contributed by atoms with Gasteiger partial charge in [0, 0.05) is 25.2 Å². The number of thioether (sulfide) groups is 1. The van der Waals surface area contributed by atoms with E-state index < -0.39 is 0 Å². The summed E-state index contributed by atoms with van der Waals surface area (Å²) >= 11 is 2.11. The zero-order valence-corrected chi connectivity index (χ0v) is 14.4. The lowest BCUT2D eigenvalue weighted by Crippen LogP contribution is -2.45. The summed E-state index contributed by atoms with van der Waals surface area (Å²) in [7, 11) is 0. The minimum absolute atomic E-state index is 0.520. The molecule has 2 saturated heterocycles. The van der Waals surface area contributed by atoms with Crippen LogP contribution in [0, 0.1) is 6.92 Å². The molecule has 0 aromatic carbocycles. The maximum Gasteiger partial charge on any atom is 0.200 e. The van der Waals surface area contributed by atoms with E-state index in [-0.39, 0.29) is 0 Å². The highest BCUT2D eigenvalue weighted by molar-refractivity contribution is 7.99. The monoisotopic (exact) mass is 332 g/mol. The molecule has 0 unspecified atom stereocenters. The minimum atomic E-state index is 0.520. The van der Waals surface area contributed by atoms with Gasteiger partial charge in [0.05, 0.1) is 11.4 Å². The standard InChI is InChI=1S/C16H24N6S/c1-12-10-15(16-19-17-11-22(16)20-12)18-13-2-6-21(7-3-13)14-4-8-23-9-5-14/h10-11,13-14,18H,2-9H2,1H3. The van der Waals surface area contributed by atoms with Crippen LogP contribution in [0.2, 0.25) is 0 Å². The Morgan fingerprint density at radius 1 is 1.17 bits per heavy atom. The molecule has 124 valence electrons. The fourth-order valence-corrected chi connectivity index (χ4v) is 4.82. The van der Waals surface area contributed by atoms with Gasteiger partial charge in [-0.3, -0.25) is 0 Å². The van der Waals surface area contributed by atoms with Crippen molar-refractivity contribution in [3.8, 4) is 0 Å². The van der Waals surface area contributed by atoms with Crippen LogP contribution >= 0.6 is 11.8 Å². The quantitative estimate of drug-likeness (QED) is 0.930. The molecule has 7 heteroatoms. The number of hydrogen-bond acceptors (Lipinski definition) is 6. The van der Waals surface area contributed by atoms with Crippen molar-refractivity contribution in [2.75, 3.05) is 29.9 Å². The van der Waals surface area contributed by atoms with Gasteiger partial charge >= 0.3 is 0 Å². The molecular formula is C16H24N6S. The summed E-state index contributed by atoms with van der Waals surface area (Å²) in [5.74, 6) is 2.67. The van der Waals surface area contributed by atoms with Crippen LogP contribution in [0.4, 0.5) is 5.69 Å². The van der Waals surface area contributed by atoms with E-state index in [2.05, 4.69) is 43.3 Å². The van der Waals surface area contributed by atoms with Gasteiger partial charge in [-0.15, -0.1) is 10.2 Å². The lowest BCUT2D eigenvalue weighted by atomic mass is 10.0. The highest BCUT2D eigenvalue weighted by atomic mass is 32.2. The SMILES string of the molecule is Cc1cc(NC2CCN(C3CCSCC3)CC2)c2nncn2n1. The van der Waals surface area contributed by atoms with E-state index >= 15 is 0 Å². The number of piperidine rings is 1. The third-order valence-electron chi connectivity index (χ3n) is 4.99. The second-order valence-electron chi connectivity index (χ2n) is 6.60. The molecule has 0 atom stereocenters. The number of hydrogen-bond donors (Lipinski definition) is 1. The van der Waals surface area contributed by atoms with Gasteiger partial charge in [-0.1, -0.05) is 0 Å². The molecule has 0 radical (unpaired) electrons. The first-order valence-electron chi connectivity index (χ1n) is 8.55. The van der Waals surface area contributed by atoms with E-state index in [1.165, 1.54) is 50.3 Å². The molecule has 0 saturated carbocycles. The van der Waals surface area contributed by atoms with Crippen molar-refractivity contribution in [3.63, 3.8) is 0 Å². The number of aromatic nitrogens is 4. The number of nitrogens with zero attached hydrogens (tertiary/aromatic N) is 5. The third-order valence-corrected chi connectivity index (χ3v) is 6.04. The van der Waals surface area contributed by atoms with Crippen LogP contribution in [0.15, 0.2) is 12.4 Å². The highest BCUT2D eigenvalue weighted by Crippen LogP contribution is 2.26. The van der Waals surface area contributed by atoms with E-state index in [1.54, 1.807) is 10.8 Å². The molecule has 1 N–H and O–H groups in total. The Kier molecular flexibility index (Phi) is 4.39. The molecule has 4 heterocycles. The molecule has 4 rings (SSSR count). The average molecular weight is 332 g/mol. The van der Waals surface area contributed by atoms with Crippen LogP contribution in [-0.4, -0.2) is 61.4 Å². The van der Waals surface area contributed by atoms with Crippen molar-refractivity contribution in [3.05, 3.63) is 18.1 Å². The zero-order chi connectivity index (χ0) is 15.6. The summed E-state index contributed by atoms with van der Waals surface area (Å²) in [4.78, 5) is 2.71. The predicted octanol–water partition coefficient (Wildman–Crippen LogP) is 2.20. The molecule has 2 aliphatic rings. The smallest absolute Gasteiger partial charge is 0.200 e. The molecular weight excluding hydrogens is 308 g/mol. The molecule has 0 spiro atoms. The largest absolute Gasteiger partial charge is 0.379 e. The van der Waals surface area contributed by atoms with Gasteiger partial charge in [0.1, 0.15) is 6.33 Å². The van der Waals surface area contributed by atoms with Gasteiger partial charge < -0.3 is 10.2 Å². The Labute approximate surface area is 141 Å². The van der Waals surface area contributed by atoms with E-state index in [1.807, 2.05) is 6.92 Å². The normalized spacial score (nSPS) is 21.8. The average Bonchev–Trinajstić information content (AvgIpc) is 3.05. The van der Waals surface area contributed by atoms with Crippen molar-refractivity contribution in [1.29, 1.82) is 0 Å². The fraction of sp³-hybridized carbons (Fsp3) is 0.688. The van der Waals surface area contributed by atoms with Gasteiger partial charge in [-0.25, -0.2) is 0 Å². The number of rotatable bonds is 3. The Bertz CT molecular complexity index is 658. The molecule has 0 aliphatic carbocycles. The van der Waals surface area contributed by atoms with E-state index in [4.69, 9.17) is 0 Å². The topological polar surface area (TPSA) is 58.3 Å². The summed E-state index contributed by atoms with van der Waals surface area (Å²) in [6.45, 7) is 4.42. The number of likely N-dealkylation sites (tertiary alicyclic amines) is 1. The van der Waals surface area contributed by atoms with Crippen LogP contribution in [-0.2, 0) is 0 Å². The molecule has 2 aromatic heterocycles. The van der Waals surface area contributed by atoms with Gasteiger partial charge in [0.25, 0.3) is 0 Å². The molecule has 0 bridgehead atoms. The lowest BCUT2D eigenvalue weighted by Gasteiger charge is -2.39. The molecule has 23 heavy (non-hydrogen) atoms. The second kappa shape index (κ2) is 6.65. The predicted molar refractivity (Wildman–Crippen MR) is 94.1 cm³/mol. The lowest BCUT2D eigenvalue weighted by molar-refractivity contribution is 0.148. The first-order valence-corrected chi connectivity index (χ1v) is 9.71. The molecule has 2 aromatic rings. The van der Waals surface area contributed by atoms with E-state index in [0.717, 1.165) is 23.1 Å². The summed E-state index contributed by atoms with van der Waals surface area (Å²) in [5.41, 5.74) is 2.86. The summed E-state index contributed by atoms with van der Waals surface area (Å²) in [6.07, 6.45) is 6.80. The van der Waals surface area contributed by atoms with Crippen molar-refractivity contribution >= 4 is 23.1 Å². The zero-order valence-electron chi connectivity index (χ0n) is 13.6. The van der Waals surface area contributed by atoms with Gasteiger partial charge in [-0.05, 0) is 50.2 Å². The van der Waals surface area contributed by atoms with Crippen LogP contribution < -0.4 is 5.32 Å². The van der Waals surface area contributed by atoms with Gasteiger partial charge in [0.2, 0.25) is 5.65 Å². The van der Waals surface area contributed by atoms with Gasteiger partial charge in [0.15, 0.2) is 0 Å². The molecule has 2 fully saturated rings. The van der Waals surface area contributed by atoms with Crippen LogP contribution in [0.3, 0.4) is 0 Å². The molecule has 0 amide bonds. The summed E-state index contributed by atoms with van der Waals surface area (Å²) in [6, 6.07) is 3.42. The first kappa shape index (κ1) is 15.2. The number of nitrogens with one attached hydrogen (secondary N) is 1. The highest BCUT2D eigenvalue weighted by Gasteiger charge is 2.26. The first-order chi connectivity index (χ1) is 11.3. The second-order valence-corrected chi connectivity index (χ2v) is 7.82. The molecule has 6 nitrogen and oxygen atoms in total. The maximum absolute atomic E-state index is 4.40. The Hall–Kier alpha value is -1.34. The van der Waals surface area contributed by atoms with Crippen LogP contribution in [0.25, 0.3) is 5.65 Å². The summed E-state index contributed by atoms with van der Waals surface area (Å²) in [5, 5.41) is 16.2. The third kappa shape index (κ3) is 3.30.